The maximum Gasteiger partial charge on any atom is 0.255 e. The van der Waals surface area contributed by atoms with Gasteiger partial charge in [-0.15, -0.1) is 0 Å². The lowest BCUT2D eigenvalue weighted by molar-refractivity contribution is -0.136. The molecule has 0 spiro atoms. The van der Waals surface area contributed by atoms with E-state index in [2.05, 4.69) is 25.5 Å². The maximum atomic E-state index is 13.5. The second kappa shape index (κ2) is 9.07. The number of carbonyl (C=O) groups excluding carboxylic acids is 3. The number of fused-ring (bicyclic) bond motifs is 1. The average molecular weight is 469 g/mol. The van der Waals surface area contributed by atoms with Crippen molar-refractivity contribution in [1.29, 1.82) is 0 Å². The lowest BCUT2D eigenvalue weighted by atomic mass is 10.0. The first-order valence-electron chi connectivity index (χ1n) is 11.2. The predicted molar refractivity (Wildman–Crippen MR) is 122 cm³/mol. The SMILES string of the molecule is O=C1CCC(N2Cc3cccc(CN(c4nccc(Cl)n4)C4CCCNC4)c3C2=O)C(=O)N1. The average Bonchev–Trinajstić information content (AvgIpc) is 3.15. The van der Waals surface area contributed by atoms with E-state index in [9.17, 15) is 14.4 Å². The molecule has 4 heterocycles. The highest BCUT2D eigenvalue weighted by Crippen LogP contribution is 2.31. The summed E-state index contributed by atoms with van der Waals surface area (Å²) in [5.74, 6) is -0.347. The number of piperidine rings is 2. The summed E-state index contributed by atoms with van der Waals surface area (Å²) in [7, 11) is 0. The van der Waals surface area contributed by atoms with Crippen LogP contribution in [0, 0.1) is 0 Å². The lowest BCUT2D eigenvalue weighted by Gasteiger charge is -2.35. The van der Waals surface area contributed by atoms with E-state index in [0.717, 1.165) is 37.1 Å². The highest BCUT2D eigenvalue weighted by Gasteiger charge is 2.40. The number of anilines is 1. The molecule has 9 nitrogen and oxygen atoms in total. The Bertz CT molecular complexity index is 1100. The summed E-state index contributed by atoms with van der Waals surface area (Å²) in [5, 5.41) is 6.15. The van der Waals surface area contributed by atoms with Crippen LogP contribution in [-0.2, 0) is 22.7 Å². The molecule has 5 rings (SSSR count). The summed E-state index contributed by atoms with van der Waals surface area (Å²) < 4.78 is 0. The van der Waals surface area contributed by atoms with Crippen molar-refractivity contribution < 1.29 is 14.4 Å². The number of benzene rings is 1. The van der Waals surface area contributed by atoms with Gasteiger partial charge in [0.1, 0.15) is 11.2 Å². The third-order valence-electron chi connectivity index (χ3n) is 6.56. The minimum Gasteiger partial charge on any atom is -0.332 e. The molecule has 2 atom stereocenters. The number of rotatable bonds is 5. The third kappa shape index (κ3) is 4.30. The maximum absolute atomic E-state index is 13.5. The molecule has 0 radical (unpaired) electrons. The Kier molecular flexibility index (Phi) is 5.99. The third-order valence-corrected chi connectivity index (χ3v) is 6.77. The van der Waals surface area contributed by atoms with Crippen molar-refractivity contribution in [3.63, 3.8) is 0 Å². The minimum absolute atomic E-state index is 0.163. The van der Waals surface area contributed by atoms with Crippen LogP contribution >= 0.6 is 11.6 Å². The summed E-state index contributed by atoms with van der Waals surface area (Å²) in [6, 6.07) is 6.97. The van der Waals surface area contributed by atoms with E-state index >= 15 is 0 Å². The number of nitrogens with zero attached hydrogens (tertiary/aromatic N) is 4. The van der Waals surface area contributed by atoms with Crippen LogP contribution in [0.4, 0.5) is 5.95 Å². The standard InChI is InChI=1S/C23H25ClN6O3/c24-18-8-10-26-23(27-18)29(16-5-2-9-25-11-16)12-14-3-1-4-15-13-30(22(33)20(14)15)17-6-7-19(31)28-21(17)32/h1,3-4,8,10,16-17,25H,2,5-7,9,11-13H2,(H,28,31,32). The van der Waals surface area contributed by atoms with Crippen molar-refractivity contribution in [2.45, 2.75) is 50.9 Å². The zero-order valence-electron chi connectivity index (χ0n) is 18.1. The van der Waals surface area contributed by atoms with E-state index in [1.807, 2.05) is 18.2 Å². The van der Waals surface area contributed by atoms with Crippen molar-refractivity contribution in [2.75, 3.05) is 18.0 Å². The van der Waals surface area contributed by atoms with Crippen molar-refractivity contribution in [3.05, 3.63) is 52.3 Å². The van der Waals surface area contributed by atoms with Gasteiger partial charge in [-0.25, -0.2) is 9.97 Å². The van der Waals surface area contributed by atoms with Crippen LogP contribution in [0.5, 0.6) is 0 Å². The number of hydrogen-bond acceptors (Lipinski definition) is 7. The molecular formula is C23H25ClN6O3. The molecule has 3 aliphatic heterocycles. The fraction of sp³-hybridized carbons (Fsp3) is 0.435. The van der Waals surface area contributed by atoms with Crippen LogP contribution in [0.2, 0.25) is 5.15 Å². The zero-order chi connectivity index (χ0) is 22.9. The van der Waals surface area contributed by atoms with Crippen LogP contribution in [0.15, 0.2) is 30.5 Å². The fourth-order valence-electron chi connectivity index (χ4n) is 4.93. The van der Waals surface area contributed by atoms with E-state index in [0.29, 0.717) is 36.2 Å². The van der Waals surface area contributed by atoms with Gasteiger partial charge in [0, 0.05) is 43.9 Å². The van der Waals surface area contributed by atoms with Gasteiger partial charge in [0.25, 0.3) is 5.91 Å². The summed E-state index contributed by atoms with van der Waals surface area (Å²) in [6.07, 6.45) is 4.23. The summed E-state index contributed by atoms with van der Waals surface area (Å²) >= 11 is 6.16. The van der Waals surface area contributed by atoms with Gasteiger partial charge in [-0.3, -0.25) is 19.7 Å². The molecule has 0 saturated carbocycles. The molecule has 2 N–H and O–H groups in total. The fourth-order valence-corrected chi connectivity index (χ4v) is 5.07. The van der Waals surface area contributed by atoms with E-state index in [1.165, 1.54) is 0 Å². The molecule has 0 aliphatic carbocycles. The number of hydrogen-bond donors (Lipinski definition) is 2. The van der Waals surface area contributed by atoms with Crippen molar-refractivity contribution in [2.24, 2.45) is 0 Å². The summed E-state index contributed by atoms with van der Waals surface area (Å²) in [6.45, 7) is 2.57. The molecule has 2 saturated heterocycles. The van der Waals surface area contributed by atoms with Gasteiger partial charge < -0.3 is 15.1 Å². The number of carbonyl (C=O) groups is 3. The van der Waals surface area contributed by atoms with Crippen LogP contribution < -0.4 is 15.5 Å². The van der Waals surface area contributed by atoms with Crippen molar-refractivity contribution in [1.82, 2.24) is 25.5 Å². The molecule has 172 valence electrons. The Morgan fingerprint density at radius 1 is 1.18 bits per heavy atom. The van der Waals surface area contributed by atoms with E-state index in [1.54, 1.807) is 17.2 Å². The minimum atomic E-state index is -0.634. The Hall–Kier alpha value is -3.04. The lowest BCUT2D eigenvalue weighted by Crippen LogP contribution is -2.52. The molecule has 33 heavy (non-hydrogen) atoms. The zero-order valence-corrected chi connectivity index (χ0v) is 18.8. The number of aromatic nitrogens is 2. The summed E-state index contributed by atoms with van der Waals surface area (Å²) in [5.41, 5.74) is 2.37. The normalized spacial score (nSPS) is 22.8. The molecule has 3 amide bonds. The van der Waals surface area contributed by atoms with Crippen LogP contribution in [0.25, 0.3) is 0 Å². The van der Waals surface area contributed by atoms with Crippen LogP contribution in [0.3, 0.4) is 0 Å². The molecule has 2 fully saturated rings. The molecular weight excluding hydrogens is 444 g/mol. The molecule has 3 aliphatic rings. The number of amides is 3. The van der Waals surface area contributed by atoms with Crippen molar-refractivity contribution in [3.8, 4) is 0 Å². The Morgan fingerprint density at radius 3 is 2.82 bits per heavy atom. The molecule has 0 bridgehead atoms. The van der Waals surface area contributed by atoms with E-state index in [-0.39, 0.29) is 24.3 Å². The first-order valence-corrected chi connectivity index (χ1v) is 11.6. The number of nitrogens with one attached hydrogen (secondary N) is 2. The van der Waals surface area contributed by atoms with Gasteiger partial charge in [0.05, 0.1) is 0 Å². The van der Waals surface area contributed by atoms with Crippen molar-refractivity contribution >= 4 is 35.3 Å². The van der Waals surface area contributed by atoms with E-state index < -0.39 is 11.9 Å². The monoisotopic (exact) mass is 468 g/mol. The quantitative estimate of drug-likeness (QED) is 0.507. The summed E-state index contributed by atoms with van der Waals surface area (Å²) in [4.78, 5) is 50.0. The van der Waals surface area contributed by atoms with E-state index in [4.69, 9.17) is 11.6 Å². The molecule has 10 heteroatoms. The number of halogens is 1. The van der Waals surface area contributed by atoms with Gasteiger partial charge >= 0.3 is 0 Å². The highest BCUT2D eigenvalue weighted by molar-refractivity contribution is 6.29. The topological polar surface area (TPSA) is 108 Å². The number of imide groups is 1. The van der Waals surface area contributed by atoms with Gasteiger partial charge in [-0.1, -0.05) is 29.8 Å². The Labute approximate surface area is 196 Å². The molecule has 1 aromatic carbocycles. The Morgan fingerprint density at radius 2 is 2.06 bits per heavy atom. The van der Waals surface area contributed by atoms with Gasteiger partial charge in [-0.05, 0) is 43.0 Å². The van der Waals surface area contributed by atoms with Crippen LogP contribution in [-0.4, -0.2) is 57.8 Å². The largest absolute Gasteiger partial charge is 0.332 e. The molecule has 2 aromatic rings. The first-order chi connectivity index (χ1) is 16.0. The molecule has 2 unspecified atom stereocenters. The van der Waals surface area contributed by atoms with Gasteiger partial charge in [0.15, 0.2) is 0 Å². The van der Waals surface area contributed by atoms with Gasteiger partial charge in [0.2, 0.25) is 17.8 Å². The van der Waals surface area contributed by atoms with Gasteiger partial charge in [-0.2, -0.15) is 0 Å². The second-order valence-corrected chi connectivity index (χ2v) is 9.05. The second-order valence-electron chi connectivity index (χ2n) is 8.66. The van der Waals surface area contributed by atoms with Crippen LogP contribution in [0.1, 0.15) is 47.2 Å². The first kappa shape index (κ1) is 21.8. The Balaban J connectivity index is 1.45. The molecule has 1 aromatic heterocycles. The predicted octanol–water partition coefficient (Wildman–Crippen LogP) is 1.65. The highest BCUT2D eigenvalue weighted by atomic mass is 35.5. The smallest absolute Gasteiger partial charge is 0.255 e.